The van der Waals surface area contributed by atoms with E-state index in [0.29, 0.717) is 12.2 Å². The van der Waals surface area contributed by atoms with Gasteiger partial charge in [-0.05, 0) is 19.1 Å². The molecule has 0 saturated heterocycles. The normalized spacial score (nSPS) is 12.2. The number of aromatic nitrogens is 5. The summed E-state index contributed by atoms with van der Waals surface area (Å²) in [6.07, 6.45) is 4.96. The second-order valence-electron chi connectivity index (χ2n) is 6.09. The van der Waals surface area contributed by atoms with E-state index in [0.717, 1.165) is 22.0 Å². The van der Waals surface area contributed by atoms with Crippen LogP contribution in [0.5, 0.6) is 5.75 Å². The number of ether oxygens (including phenoxy) is 1. The van der Waals surface area contributed by atoms with E-state index in [2.05, 4.69) is 20.4 Å². The molecule has 3 aromatic heterocycles. The van der Waals surface area contributed by atoms with Gasteiger partial charge in [-0.2, -0.15) is 5.10 Å². The molecule has 0 radical (unpaired) electrons. The Morgan fingerprint density at radius 2 is 2.22 bits per heavy atom. The van der Waals surface area contributed by atoms with Gasteiger partial charge in [0.2, 0.25) is 0 Å². The van der Waals surface area contributed by atoms with Crippen molar-refractivity contribution in [3.05, 3.63) is 54.2 Å². The first-order valence-corrected chi connectivity index (χ1v) is 9.27. The summed E-state index contributed by atoms with van der Waals surface area (Å²) in [6.45, 7) is 2.48. The molecule has 1 aromatic carbocycles. The number of nitrogens with one attached hydrogen (secondary N) is 1. The van der Waals surface area contributed by atoms with Gasteiger partial charge in [0.1, 0.15) is 24.1 Å². The van der Waals surface area contributed by atoms with Crippen molar-refractivity contribution in [2.45, 2.75) is 19.5 Å². The first kappa shape index (κ1) is 17.2. The minimum absolute atomic E-state index is 0.0913. The molecule has 0 saturated carbocycles. The van der Waals surface area contributed by atoms with Gasteiger partial charge in [0.15, 0.2) is 4.96 Å². The number of thiazole rings is 1. The smallest absolute Gasteiger partial charge is 0.269 e. The number of carbonyl (C=O) groups excluding carboxylic acids is 1. The Balaban J connectivity index is 1.57. The number of hydrogen-bond acceptors (Lipinski definition) is 6. The van der Waals surface area contributed by atoms with E-state index in [1.54, 1.807) is 18.1 Å². The highest BCUT2D eigenvalue weighted by Crippen LogP contribution is 2.30. The molecule has 8 nitrogen and oxygen atoms in total. The average molecular weight is 382 g/mol. The lowest BCUT2D eigenvalue weighted by atomic mass is 10.1. The maximum Gasteiger partial charge on any atom is 0.269 e. The quantitative estimate of drug-likeness (QED) is 0.554. The minimum Gasteiger partial charge on any atom is -0.496 e. The molecule has 0 fully saturated rings. The monoisotopic (exact) mass is 382 g/mol. The molecule has 4 rings (SSSR count). The van der Waals surface area contributed by atoms with Crippen molar-refractivity contribution in [2.24, 2.45) is 0 Å². The summed E-state index contributed by atoms with van der Waals surface area (Å²) in [4.78, 5) is 22.0. The van der Waals surface area contributed by atoms with Crippen molar-refractivity contribution in [1.29, 1.82) is 0 Å². The van der Waals surface area contributed by atoms with E-state index < -0.39 is 0 Å². The van der Waals surface area contributed by atoms with Crippen LogP contribution in [0, 0.1) is 0 Å². The van der Waals surface area contributed by atoms with Gasteiger partial charge in [-0.3, -0.25) is 13.9 Å². The highest BCUT2D eigenvalue weighted by Gasteiger charge is 2.18. The van der Waals surface area contributed by atoms with Gasteiger partial charge < -0.3 is 10.1 Å². The number of imidazole rings is 1. The first-order valence-electron chi connectivity index (χ1n) is 8.39. The predicted octanol–water partition coefficient (Wildman–Crippen LogP) is 2.48. The van der Waals surface area contributed by atoms with Crippen molar-refractivity contribution < 1.29 is 9.53 Å². The summed E-state index contributed by atoms with van der Waals surface area (Å²) in [5.41, 5.74) is 2.21. The second kappa shape index (κ2) is 7.20. The fourth-order valence-electron chi connectivity index (χ4n) is 2.88. The molecule has 1 N–H and O–H groups in total. The third-order valence-corrected chi connectivity index (χ3v) is 4.97. The molecule has 1 unspecified atom stereocenters. The van der Waals surface area contributed by atoms with Crippen LogP contribution in [0.25, 0.3) is 16.2 Å². The fraction of sp³-hybridized carbons (Fsp3) is 0.222. The number of hydrogen-bond donors (Lipinski definition) is 1. The molecular formula is C18H18N6O2S. The van der Waals surface area contributed by atoms with Gasteiger partial charge in [0.05, 0.1) is 19.3 Å². The summed E-state index contributed by atoms with van der Waals surface area (Å²) in [6, 6.07) is 7.60. The van der Waals surface area contributed by atoms with E-state index in [1.165, 1.54) is 17.7 Å². The largest absolute Gasteiger partial charge is 0.496 e. The first-order chi connectivity index (χ1) is 13.2. The summed E-state index contributed by atoms with van der Waals surface area (Å²) in [5, 5.41) is 8.86. The van der Waals surface area contributed by atoms with Crippen LogP contribution < -0.4 is 10.1 Å². The number of fused-ring (bicyclic) bond motifs is 1. The van der Waals surface area contributed by atoms with Gasteiger partial charge in [-0.25, -0.2) is 9.97 Å². The molecule has 9 heteroatoms. The Labute approximate surface area is 159 Å². The number of amides is 1. The number of nitrogens with zero attached hydrogens (tertiary/aromatic N) is 5. The average Bonchev–Trinajstić information content (AvgIpc) is 3.38. The minimum atomic E-state index is -0.155. The van der Waals surface area contributed by atoms with Crippen LogP contribution in [0.3, 0.4) is 0 Å². The molecule has 0 aliphatic heterocycles. The van der Waals surface area contributed by atoms with Crippen LogP contribution in [0.15, 0.2) is 48.5 Å². The highest BCUT2D eigenvalue weighted by molar-refractivity contribution is 7.15. The zero-order valence-electron chi connectivity index (χ0n) is 14.9. The molecule has 1 atom stereocenters. The van der Waals surface area contributed by atoms with Gasteiger partial charge in [-0.1, -0.05) is 12.1 Å². The van der Waals surface area contributed by atoms with Crippen LogP contribution in [0.4, 0.5) is 0 Å². The van der Waals surface area contributed by atoms with Crippen LogP contribution in [0.1, 0.15) is 17.4 Å². The number of para-hydroxylation sites is 1. The molecule has 0 spiro atoms. The molecule has 1 amide bonds. The van der Waals surface area contributed by atoms with Crippen molar-refractivity contribution in [3.63, 3.8) is 0 Å². The van der Waals surface area contributed by atoms with Crippen molar-refractivity contribution in [3.8, 4) is 17.0 Å². The van der Waals surface area contributed by atoms with Crippen molar-refractivity contribution in [1.82, 2.24) is 29.5 Å². The van der Waals surface area contributed by atoms with Crippen LogP contribution in [0.2, 0.25) is 0 Å². The van der Waals surface area contributed by atoms with E-state index in [-0.39, 0.29) is 11.9 Å². The molecule has 138 valence electrons. The SMILES string of the molecule is COc1ccccc1-c1cn2c(C(=O)NC(C)Cn3cncn3)csc2n1. The third-order valence-electron chi connectivity index (χ3n) is 4.13. The number of carbonyl (C=O) groups is 1. The van der Waals surface area contributed by atoms with Gasteiger partial charge >= 0.3 is 0 Å². The zero-order valence-corrected chi connectivity index (χ0v) is 15.7. The Bertz CT molecular complexity index is 1070. The van der Waals surface area contributed by atoms with E-state index in [9.17, 15) is 4.79 Å². The van der Waals surface area contributed by atoms with Crippen molar-refractivity contribution >= 4 is 22.2 Å². The Kier molecular flexibility index (Phi) is 4.59. The molecular weight excluding hydrogens is 364 g/mol. The Morgan fingerprint density at radius 3 is 3.00 bits per heavy atom. The molecule has 0 bridgehead atoms. The maximum atomic E-state index is 12.7. The van der Waals surface area contributed by atoms with Crippen LogP contribution in [-0.2, 0) is 6.54 Å². The van der Waals surface area contributed by atoms with E-state index in [4.69, 9.17) is 4.74 Å². The zero-order chi connectivity index (χ0) is 18.8. The number of methoxy groups -OCH3 is 1. The van der Waals surface area contributed by atoms with Crippen LogP contribution in [-0.4, -0.2) is 43.2 Å². The molecule has 3 heterocycles. The third kappa shape index (κ3) is 3.41. The summed E-state index contributed by atoms with van der Waals surface area (Å²) < 4.78 is 8.91. The second-order valence-corrected chi connectivity index (χ2v) is 6.93. The molecule has 4 aromatic rings. The topological polar surface area (TPSA) is 86.3 Å². The Morgan fingerprint density at radius 1 is 1.37 bits per heavy atom. The lowest BCUT2D eigenvalue weighted by Crippen LogP contribution is -2.36. The number of benzene rings is 1. The summed E-state index contributed by atoms with van der Waals surface area (Å²) in [7, 11) is 1.63. The van der Waals surface area contributed by atoms with Gasteiger partial charge in [0.25, 0.3) is 5.91 Å². The Hall–Kier alpha value is -3.20. The number of rotatable bonds is 6. The van der Waals surface area contributed by atoms with E-state index >= 15 is 0 Å². The molecule has 0 aliphatic rings. The predicted molar refractivity (Wildman–Crippen MR) is 102 cm³/mol. The van der Waals surface area contributed by atoms with Gasteiger partial charge in [0, 0.05) is 23.2 Å². The maximum absolute atomic E-state index is 12.7. The molecule has 27 heavy (non-hydrogen) atoms. The van der Waals surface area contributed by atoms with Gasteiger partial charge in [-0.15, -0.1) is 11.3 Å². The summed E-state index contributed by atoms with van der Waals surface area (Å²) >= 11 is 1.43. The fourth-order valence-corrected chi connectivity index (χ4v) is 3.74. The van der Waals surface area contributed by atoms with Crippen molar-refractivity contribution in [2.75, 3.05) is 7.11 Å². The standard InChI is InChI=1S/C18H18N6O2S/c1-12(7-23-11-19-10-20-23)21-17(25)15-9-27-18-22-14(8-24(15)18)13-5-3-4-6-16(13)26-2/h3-6,8-12H,7H2,1-2H3,(H,21,25). The lowest BCUT2D eigenvalue weighted by Gasteiger charge is -2.13. The highest BCUT2D eigenvalue weighted by atomic mass is 32.1. The summed E-state index contributed by atoms with van der Waals surface area (Å²) in [5.74, 6) is 0.591. The van der Waals surface area contributed by atoms with Crippen LogP contribution >= 0.6 is 11.3 Å². The molecule has 0 aliphatic carbocycles. The lowest BCUT2D eigenvalue weighted by molar-refractivity contribution is 0.0930. The van der Waals surface area contributed by atoms with E-state index in [1.807, 2.05) is 47.2 Å².